The largest absolute Gasteiger partial charge is 0.480 e. The molecule has 31 heavy (non-hydrogen) atoms. The average Bonchev–Trinajstić information content (AvgIpc) is 3.07. The van der Waals surface area contributed by atoms with E-state index >= 15 is 0 Å². The van der Waals surface area contributed by atoms with Gasteiger partial charge in [-0.1, -0.05) is 38.5 Å². The quantitative estimate of drug-likeness (QED) is 0.666. The Morgan fingerprint density at radius 2 is 1.81 bits per heavy atom. The van der Waals surface area contributed by atoms with Crippen LogP contribution in [0, 0.1) is 12.3 Å². The minimum atomic E-state index is -4.00. The van der Waals surface area contributed by atoms with Crippen molar-refractivity contribution in [1.82, 2.24) is 13.9 Å². The van der Waals surface area contributed by atoms with Crippen LogP contribution < -0.4 is 0 Å². The molecule has 9 heteroatoms. The van der Waals surface area contributed by atoms with Gasteiger partial charge in [0.1, 0.15) is 6.04 Å². The zero-order valence-electron chi connectivity index (χ0n) is 17.7. The van der Waals surface area contributed by atoms with Crippen LogP contribution in [0.3, 0.4) is 0 Å². The first-order valence-electron chi connectivity index (χ1n) is 9.78. The molecule has 2 aromatic heterocycles. The molecular weight excluding hydrogens is 418 g/mol. The summed E-state index contributed by atoms with van der Waals surface area (Å²) in [4.78, 5) is 31.0. The summed E-state index contributed by atoms with van der Waals surface area (Å²) in [5.41, 5.74) is 1.15. The van der Waals surface area contributed by atoms with Crippen molar-refractivity contribution < 1.29 is 23.1 Å². The van der Waals surface area contributed by atoms with Crippen LogP contribution in [0.1, 0.15) is 42.3 Å². The lowest BCUT2D eigenvalue weighted by Gasteiger charge is -2.38. The highest BCUT2D eigenvalue weighted by Gasteiger charge is 2.43. The molecule has 1 amide bonds. The zero-order chi connectivity index (χ0) is 22.7. The summed E-state index contributed by atoms with van der Waals surface area (Å²) in [6.45, 7) is 7.18. The minimum Gasteiger partial charge on any atom is -0.480 e. The number of carboxylic acid groups (broad SMARTS) is 1. The number of benzene rings is 1. The molecule has 1 aliphatic heterocycles. The van der Waals surface area contributed by atoms with E-state index in [1.54, 1.807) is 39.0 Å². The van der Waals surface area contributed by atoms with Crippen LogP contribution in [0.4, 0.5) is 0 Å². The molecule has 4 rings (SSSR count). The Hall–Kier alpha value is -3.20. The van der Waals surface area contributed by atoms with Crippen molar-refractivity contribution in [3.63, 3.8) is 0 Å². The SMILES string of the molecule is Cc1ccc(S(=O)(=O)n2cc3c4c(ccnc42)CN(C(C(=O)O)C(C)(C)C)C3=O)cc1. The number of carboxylic acids is 1. The number of hydrogen-bond acceptors (Lipinski definition) is 5. The van der Waals surface area contributed by atoms with E-state index in [1.165, 1.54) is 29.4 Å². The van der Waals surface area contributed by atoms with Gasteiger partial charge in [-0.25, -0.2) is 22.2 Å². The van der Waals surface area contributed by atoms with E-state index in [-0.39, 0.29) is 22.7 Å². The van der Waals surface area contributed by atoms with Crippen molar-refractivity contribution in [3.8, 4) is 0 Å². The van der Waals surface area contributed by atoms with E-state index in [2.05, 4.69) is 4.98 Å². The maximum Gasteiger partial charge on any atom is 0.326 e. The maximum atomic E-state index is 13.3. The molecule has 1 unspecified atom stereocenters. The first kappa shape index (κ1) is 21.0. The van der Waals surface area contributed by atoms with Gasteiger partial charge in [-0.3, -0.25) is 4.79 Å². The number of aryl methyl sites for hydroxylation is 1. The van der Waals surface area contributed by atoms with Crippen molar-refractivity contribution in [1.29, 1.82) is 0 Å². The summed E-state index contributed by atoms with van der Waals surface area (Å²) in [6, 6.07) is 7.03. The van der Waals surface area contributed by atoms with E-state index in [1.807, 2.05) is 6.92 Å². The van der Waals surface area contributed by atoms with Crippen LogP contribution in [-0.4, -0.2) is 45.3 Å². The predicted molar refractivity (Wildman–Crippen MR) is 114 cm³/mol. The van der Waals surface area contributed by atoms with Gasteiger partial charge < -0.3 is 10.0 Å². The molecule has 1 aromatic carbocycles. The van der Waals surface area contributed by atoms with Crippen LogP contribution >= 0.6 is 0 Å². The Balaban J connectivity index is 1.91. The molecule has 3 aromatic rings. The monoisotopic (exact) mass is 441 g/mol. The predicted octanol–water partition coefficient (Wildman–Crippen LogP) is 3.04. The number of rotatable bonds is 4. The number of aliphatic carboxylic acids is 1. The first-order valence-corrected chi connectivity index (χ1v) is 11.2. The number of pyridine rings is 1. The molecule has 0 radical (unpaired) electrons. The molecule has 162 valence electrons. The summed E-state index contributed by atoms with van der Waals surface area (Å²) in [5, 5.41) is 10.3. The third-order valence-corrected chi connectivity index (χ3v) is 7.18. The Kier molecular flexibility index (Phi) is 4.69. The normalized spacial score (nSPS) is 15.4. The number of amides is 1. The lowest BCUT2D eigenvalue weighted by Crippen LogP contribution is -2.52. The van der Waals surface area contributed by atoms with Gasteiger partial charge in [0, 0.05) is 24.3 Å². The van der Waals surface area contributed by atoms with Crippen LogP contribution in [0.25, 0.3) is 11.0 Å². The second-order valence-corrected chi connectivity index (χ2v) is 10.7. The first-order chi connectivity index (χ1) is 14.4. The molecule has 0 saturated heterocycles. The lowest BCUT2D eigenvalue weighted by molar-refractivity contribution is -0.146. The van der Waals surface area contributed by atoms with Crippen molar-refractivity contribution in [2.45, 2.75) is 45.2 Å². The van der Waals surface area contributed by atoms with Gasteiger partial charge in [0.05, 0.1) is 10.5 Å². The highest BCUT2D eigenvalue weighted by molar-refractivity contribution is 7.90. The number of nitrogens with zero attached hydrogens (tertiary/aromatic N) is 3. The number of carbonyl (C=O) groups excluding carboxylic acids is 1. The van der Waals surface area contributed by atoms with Gasteiger partial charge in [0.25, 0.3) is 15.9 Å². The smallest absolute Gasteiger partial charge is 0.326 e. The molecule has 0 aliphatic carbocycles. The average molecular weight is 442 g/mol. The fourth-order valence-electron chi connectivity index (χ4n) is 4.08. The van der Waals surface area contributed by atoms with E-state index in [4.69, 9.17) is 0 Å². The van der Waals surface area contributed by atoms with E-state index in [0.717, 1.165) is 9.54 Å². The highest BCUT2D eigenvalue weighted by atomic mass is 32.2. The summed E-state index contributed by atoms with van der Waals surface area (Å²) in [5.74, 6) is -1.63. The Morgan fingerprint density at radius 3 is 2.39 bits per heavy atom. The molecule has 8 nitrogen and oxygen atoms in total. The molecule has 0 saturated carbocycles. The number of aromatic nitrogens is 2. The van der Waals surface area contributed by atoms with E-state index < -0.39 is 33.4 Å². The minimum absolute atomic E-state index is 0.0632. The van der Waals surface area contributed by atoms with Gasteiger partial charge in [-0.05, 0) is 36.1 Å². The third kappa shape index (κ3) is 3.29. The molecule has 1 atom stereocenters. The maximum absolute atomic E-state index is 13.3. The zero-order valence-corrected chi connectivity index (χ0v) is 18.5. The fourth-order valence-corrected chi connectivity index (χ4v) is 5.40. The molecule has 1 N–H and O–H groups in total. The van der Waals surface area contributed by atoms with Gasteiger partial charge in [0.15, 0.2) is 5.65 Å². The molecule has 0 bridgehead atoms. The highest BCUT2D eigenvalue weighted by Crippen LogP contribution is 2.36. The Morgan fingerprint density at radius 1 is 1.16 bits per heavy atom. The van der Waals surface area contributed by atoms with Crippen LogP contribution in [0.5, 0.6) is 0 Å². The van der Waals surface area contributed by atoms with Gasteiger partial charge in [-0.15, -0.1) is 0 Å². The summed E-state index contributed by atoms with van der Waals surface area (Å²) < 4.78 is 27.6. The van der Waals surface area contributed by atoms with Crippen LogP contribution in [0.15, 0.2) is 47.6 Å². The van der Waals surface area contributed by atoms with Gasteiger partial charge in [0.2, 0.25) is 0 Å². The lowest BCUT2D eigenvalue weighted by atomic mass is 9.84. The van der Waals surface area contributed by atoms with Crippen LogP contribution in [0.2, 0.25) is 0 Å². The summed E-state index contributed by atoms with van der Waals surface area (Å²) in [7, 11) is -4.00. The van der Waals surface area contributed by atoms with Crippen molar-refractivity contribution >= 4 is 32.9 Å². The molecular formula is C22H23N3O5S. The standard InChI is InChI=1S/C22H23N3O5S/c1-13-5-7-15(8-6-13)31(29,30)25-12-16-17-14(9-10-23-19(17)25)11-24(20(16)26)18(21(27)28)22(2,3)4/h5-10,12,18H,11H2,1-4H3,(H,27,28). The second-order valence-electron chi connectivity index (χ2n) is 8.87. The van der Waals surface area contributed by atoms with Crippen molar-refractivity contribution in [2.24, 2.45) is 5.41 Å². The van der Waals surface area contributed by atoms with Crippen molar-refractivity contribution in [2.75, 3.05) is 0 Å². The molecule has 0 spiro atoms. The molecule has 1 aliphatic rings. The van der Waals surface area contributed by atoms with E-state index in [0.29, 0.717) is 10.9 Å². The second kappa shape index (κ2) is 6.91. The Labute approximate surface area is 180 Å². The topological polar surface area (TPSA) is 110 Å². The summed E-state index contributed by atoms with van der Waals surface area (Å²) in [6.07, 6.45) is 2.73. The number of carbonyl (C=O) groups is 2. The van der Waals surface area contributed by atoms with Gasteiger partial charge in [-0.2, -0.15) is 0 Å². The molecule has 0 fully saturated rings. The third-order valence-electron chi connectivity index (χ3n) is 5.52. The van der Waals surface area contributed by atoms with Crippen molar-refractivity contribution in [3.05, 3.63) is 59.4 Å². The van der Waals surface area contributed by atoms with Crippen LogP contribution in [-0.2, 0) is 21.4 Å². The number of hydrogen-bond donors (Lipinski definition) is 1. The Bertz CT molecular complexity index is 1320. The summed E-state index contributed by atoms with van der Waals surface area (Å²) >= 11 is 0. The fraction of sp³-hybridized carbons (Fsp3) is 0.318. The van der Waals surface area contributed by atoms with E-state index in [9.17, 15) is 23.1 Å². The van der Waals surface area contributed by atoms with Gasteiger partial charge >= 0.3 is 5.97 Å². The molecule has 3 heterocycles.